The number of amides is 1. The summed E-state index contributed by atoms with van der Waals surface area (Å²) in [6.45, 7) is 4.07. The molecule has 0 unspecified atom stereocenters. The minimum Gasteiger partial charge on any atom is -0.616 e. The van der Waals surface area contributed by atoms with Crippen LogP contribution in [0.1, 0.15) is 40.7 Å². The second kappa shape index (κ2) is 11.4. The molecule has 0 aliphatic carbocycles. The van der Waals surface area contributed by atoms with Crippen LogP contribution in [0.3, 0.4) is 0 Å². The highest BCUT2D eigenvalue weighted by molar-refractivity contribution is 7.81. The van der Waals surface area contributed by atoms with E-state index >= 15 is 0 Å². The number of carbonyl (C=O) groups excluding carboxylic acids is 1. The van der Waals surface area contributed by atoms with Crippen molar-refractivity contribution in [3.05, 3.63) is 101 Å². The van der Waals surface area contributed by atoms with Gasteiger partial charge in [0.05, 0.1) is 12.7 Å². The van der Waals surface area contributed by atoms with E-state index in [0.717, 1.165) is 24.1 Å². The SMILES string of the molecule is CCOc1ccc(C(=O)N(CC(c2ccccc2)c2ccccc2)C[C@@H]2NCC[C@@H]2S)c[n+]1[O-]. The molecule has 2 heterocycles. The van der Waals surface area contributed by atoms with E-state index in [4.69, 9.17) is 17.4 Å². The van der Waals surface area contributed by atoms with Crippen molar-refractivity contribution >= 4 is 18.5 Å². The lowest BCUT2D eigenvalue weighted by molar-refractivity contribution is -0.612. The number of rotatable bonds is 9. The molecular weight excluding hydrogens is 446 g/mol. The van der Waals surface area contributed by atoms with Gasteiger partial charge in [-0.15, -0.1) is 4.73 Å². The van der Waals surface area contributed by atoms with Crippen LogP contribution in [-0.2, 0) is 0 Å². The molecule has 4 rings (SSSR count). The van der Waals surface area contributed by atoms with E-state index in [1.165, 1.54) is 6.20 Å². The molecule has 2 atom stereocenters. The van der Waals surface area contributed by atoms with Gasteiger partial charge in [0.25, 0.3) is 5.91 Å². The maximum Gasteiger partial charge on any atom is 0.379 e. The normalized spacial score (nSPS) is 17.6. The van der Waals surface area contributed by atoms with Crippen LogP contribution in [0.4, 0.5) is 0 Å². The lowest BCUT2D eigenvalue weighted by Crippen LogP contribution is -2.46. The highest BCUT2D eigenvalue weighted by Gasteiger charge is 2.31. The molecule has 1 amide bonds. The fourth-order valence-electron chi connectivity index (χ4n) is 4.45. The molecule has 0 spiro atoms. The molecular formula is C27H31N3O3S. The fourth-order valence-corrected chi connectivity index (χ4v) is 4.78. The zero-order chi connectivity index (χ0) is 23.9. The van der Waals surface area contributed by atoms with Crippen LogP contribution < -0.4 is 14.8 Å². The van der Waals surface area contributed by atoms with Crippen LogP contribution >= 0.6 is 12.6 Å². The van der Waals surface area contributed by atoms with E-state index in [-0.39, 0.29) is 29.0 Å². The molecule has 178 valence electrons. The van der Waals surface area contributed by atoms with Gasteiger partial charge in [0.15, 0.2) is 6.20 Å². The molecule has 0 bridgehead atoms. The first-order valence-electron chi connectivity index (χ1n) is 11.7. The topological polar surface area (TPSA) is 68.5 Å². The Labute approximate surface area is 206 Å². The van der Waals surface area contributed by atoms with Gasteiger partial charge in [-0.1, -0.05) is 60.7 Å². The average Bonchev–Trinajstić information content (AvgIpc) is 3.27. The molecule has 3 aromatic rings. The number of pyridine rings is 1. The minimum atomic E-state index is -0.182. The first-order chi connectivity index (χ1) is 16.6. The summed E-state index contributed by atoms with van der Waals surface area (Å²) >= 11 is 4.73. The Kier molecular flexibility index (Phi) is 8.08. The Morgan fingerprint density at radius 3 is 2.29 bits per heavy atom. The Morgan fingerprint density at radius 1 is 1.12 bits per heavy atom. The maximum absolute atomic E-state index is 13.7. The van der Waals surface area contributed by atoms with Crippen LogP contribution in [0.25, 0.3) is 0 Å². The van der Waals surface area contributed by atoms with Gasteiger partial charge in [-0.2, -0.15) is 12.6 Å². The van der Waals surface area contributed by atoms with E-state index in [1.807, 2.05) is 48.2 Å². The number of carbonyl (C=O) groups is 1. The first kappa shape index (κ1) is 24.1. The van der Waals surface area contributed by atoms with Crippen molar-refractivity contribution in [2.45, 2.75) is 30.6 Å². The molecule has 0 radical (unpaired) electrons. The summed E-state index contributed by atoms with van der Waals surface area (Å²) in [5.74, 6) is -0.00290. The summed E-state index contributed by atoms with van der Waals surface area (Å²) in [6, 6.07) is 23.8. The quantitative estimate of drug-likeness (QED) is 0.280. The molecule has 0 saturated carbocycles. The second-order valence-corrected chi connectivity index (χ2v) is 9.18. The van der Waals surface area contributed by atoms with E-state index in [1.54, 1.807) is 12.1 Å². The molecule has 6 nitrogen and oxygen atoms in total. The highest BCUT2D eigenvalue weighted by atomic mass is 32.1. The van der Waals surface area contributed by atoms with E-state index < -0.39 is 0 Å². The van der Waals surface area contributed by atoms with Gasteiger partial charge >= 0.3 is 5.88 Å². The Balaban J connectivity index is 1.67. The lowest BCUT2D eigenvalue weighted by atomic mass is 9.90. The third-order valence-corrected chi connectivity index (χ3v) is 6.86. The number of hydrogen-bond acceptors (Lipinski definition) is 5. The molecule has 7 heteroatoms. The summed E-state index contributed by atoms with van der Waals surface area (Å²) in [6.07, 6.45) is 2.26. The summed E-state index contributed by atoms with van der Waals surface area (Å²) in [7, 11) is 0. The monoisotopic (exact) mass is 477 g/mol. The van der Waals surface area contributed by atoms with Gasteiger partial charge in [0.2, 0.25) is 0 Å². The van der Waals surface area contributed by atoms with Gasteiger partial charge in [-0.25, -0.2) is 0 Å². The number of nitrogens with zero attached hydrogens (tertiary/aromatic N) is 2. The van der Waals surface area contributed by atoms with Crippen LogP contribution in [0.15, 0.2) is 79.0 Å². The minimum absolute atomic E-state index is 0.00630. The summed E-state index contributed by atoms with van der Waals surface area (Å²) in [5, 5.41) is 16.1. The Bertz CT molecular complexity index is 1040. The molecule has 1 saturated heterocycles. The van der Waals surface area contributed by atoms with Gasteiger partial charge in [0.1, 0.15) is 5.56 Å². The fraction of sp³-hybridized carbons (Fsp3) is 0.333. The molecule has 1 aliphatic rings. The standard InChI is InChI=1S/C27H31N3O3S/c1-2-33-26-14-13-22(17-30(26)32)27(31)29(19-24-25(34)15-16-28-24)18-23(20-9-5-3-6-10-20)21-11-7-4-8-12-21/h3-14,17,23-25,28,34H,2,15-16,18-19H2,1H3/t24-,25-/m0/s1. The number of nitrogens with one attached hydrogen (secondary N) is 1. The van der Waals surface area contributed by atoms with Crippen LogP contribution in [0.5, 0.6) is 5.88 Å². The van der Waals surface area contributed by atoms with Gasteiger partial charge < -0.3 is 20.2 Å². The molecule has 2 aromatic carbocycles. The van der Waals surface area contributed by atoms with Crippen molar-refractivity contribution < 1.29 is 14.3 Å². The number of hydrogen-bond donors (Lipinski definition) is 2. The molecule has 1 aliphatic heterocycles. The van der Waals surface area contributed by atoms with Crippen molar-refractivity contribution in [3.63, 3.8) is 0 Å². The van der Waals surface area contributed by atoms with E-state index in [9.17, 15) is 10.0 Å². The van der Waals surface area contributed by atoms with Crippen molar-refractivity contribution in [3.8, 4) is 5.88 Å². The molecule has 34 heavy (non-hydrogen) atoms. The zero-order valence-corrected chi connectivity index (χ0v) is 20.2. The van der Waals surface area contributed by atoms with Crippen LogP contribution in [-0.4, -0.2) is 48.3 Å². The molecule has 1 aromatic heterocycles. The summed E-state index contributed by atoms with van der Waals surface area (Å²) in [4.78, 5) is 15.6. The number of benzene rings is 2. The predicted molar refractivity (Wildman–Crippen MR) is 136 cm³/mol. The molecule has 1 N–H and O–H groups in total. The van der Waals surface area contributed by atoms with Crippen LogP contribution in [0, 0.1) is 5.21 Å². The van der Waals surface area contributed by atoms with E-state index in [0.29, 0.717) is 30.0 Å². The predicted octanol–water partition coefficient (Wildman–Crippen LogP) is 3.65. The van der Waals surface area contributed by atoms with Crippen molar-refractivity contribution in [1.82, 2.24) is 10.2 Å². The Morgan fingerprint density at radius 2 is 1.76 bits per heavy atom. The highest BCUT2D eigenvalue weighted by Crippen LogP contribution is 2.27. The number of aromatic nitrogens is 1. The average molecular weight is 478 g/mol. The van der Waals surface area contributed by atoms with Crippen molar-refractivity contribution in [1.29, 1.82) is 0 Å². The zero-order valence-electron chi connectivity index (χ0n) is 19.3. The first-order valence-corrected chi connectivity index (χ1v) is 12.2. The van der Waals surface area contributed by atoms with Crippen LogP contribution in [0.2, 0.25) is 0 Å². The Hall–Kier alpha value is -3.03. The number of ether oxygens (including phenoxy) is 1. The van der Waals surface area contributed by atoms with E-state index in [2.05, 4.69) is 29.6 Å². The maximum atomic E-state index is 13.7. The second-order valence-electron chi connectivity index (χ2n) is 8.52. The van der Waals surface area contributed by atoms with Crippen molar-refractivity contribution in [2.75, 3.05) is 26.2 Å². The van der Waals surface area contributed by atoms with Crippen molar-refractivity contribution in [2.24, 2.45) is 0 Å². The lowest BCUT2D eigenvalue weighted by Gasteiger charge is -2.31. The third-order valence-electron chi connectivity index (χ3n) is 6.24. The molecule has 1 fully saturated rings. The summed E-state index contributed by atoms with van der Waals surface area (Å²) < 4.78 is 5.96. The summed E-state index contributed by atoms with van der Waals surface area (Å²) in [5.41, 5.74) is 2.62. The van der Waals surface area contributed by atoms with Gasteiger partial charge in [0, 0.05) is 30.3 Å². The van der Waals surface area contributed by atoms with Gasteiger partial charge in [-0.3, -0.25) is 4.79 Å². The number of thiol groups is 1. The third kappa shape index (κ3) is 5.72. The van der Waals surface area contributed by atoms with Gasteiger partial charge in [-0.05, 0) is 37.1 Å². The smallest absolute Gasteiger partial charge is 0.379 e. The largest absolute Gasteiger partial charge is 0.616 e.